The zero-order valence-corrected chi connectivity index (χ0v) is 12.7. The number of carbonyl (C=O) groups is 1. The third kappa shape index (κ3) is 3.91. The molecule has 0 spiro atoms. The molecular formula is C14H21N5O2. The monoisotopic (exact) mass is 291 g/mol. The van der Waals surface area contributed by atoms with Gasteiger partial charge in [0.25, 0.3) is 0 Å². The predicted octanol–water partition coefficient (Wildman–Crippen LogP) is 0.663. The van der Waals surface area contributed by atoms with E-state index in [-0.39, 0.29) is 5.97 Å². The number of nitrogens with one attached hydrogen (secondary N) is 1. The van der Waals surface area contributed by atoms with E-state index in [2.05, 4.69) is 15.5 Å². The molecule has 7 heteroatoms. The van der Waals surface area contributed by atoms with Crippen molar-refractivity contribution in [3.63, 3.8) is 0 Å². The van der Waals surface area contributed by atoms with Crippen molar-refractivity contribution in [3.05, 3.63) is 35.4 Å². The average molecular weight is 291 g/mol. The van der Waals surface area contributed by atoms with Gasteiger partial charge in [0.15, 0.2) is 0 Å². The third-order valence-electron chi connectivity index (χ3n) is 3.18. The van der Waals surface area contributed by atoms with Gasteiger partial charge in [-0.2, -0.15) is 10.2 Å². The van der Waals surface area contributed by atoms with Crippen LogP contribution in [0.4, 0.5) is 0 Å². The summed E-state index contributed by atoms with van der Waals surface area (Å²) in [6.07, 6.45) is 4.32. The van der Waals surface area contributed by atoms with E-state index in [9.17, 15) is 4.79 Å². The first-order valence-electron chi connectivity index (χ1n) is 6.99. The maximum Gasteiger partial charge on any atom is 0.341 e. The highest BCUT2D eigenvalue weighted by molar-refractivity contribution is 5.90. The number of esters is 1. The van der Waals surface area contributed by atoms with E-state index in [1.165, 1.54) is 0 Å². The molecular weight excluding hydrogens is 270 g/mol. The van der Waals surface area contributed by atoms with Gasteiger partial charge in [0.05, 0.1) is 24.2 Å². The minimum atomic E-state index is -0.327. The van der Waals surface area contributed by atoms with Gasteiger partial charge in [-0.3, -0.25) is 9.36 Å². The molecule has 0 saturated heterocycles. The average Bonchev–Trinajstić information content (AvgIpc) is 3.02. The molecule has 1 N–H and O–H groups in total. The maximum absolute atomic E-state index is 11.8. The first-order chi connectivity index (χ1) is 10.1. The van der Waals surface area contributed by atoms with E-state index in [1.807, 2.05) is 26.4 Å². The summed E-state index contributed by atoms with van der Waals surface area (Å²) in [5.74, 6) is -0.327. The molecule has 2 aromatic rings. The van der Waals surface area contributed by atoms with Crippen LogP contribution in [0.25, 0.3) is 0 Å². The van der Waals surface area contributed by atoms with Gasteiger partial charge < -0.3 is 10.1 Å². The molecule has 2 rings (SSSR count). The quantitative estimate of drug-likeness (QED) is 0.599. The van der Waals surface area contributed by atoms with Crippen LogP contribution in [-0.4, -0.2) is 38.7 Å². The zero-order valence-electron chi connectivity index (χ0n) is 12.7. The number of carbonyl (C=O) groups excluding carboxylic acids is 1. The number of ether oxygens (including phenoxy) is 1. The minimum Gasteiger partial charge on any atom is -0.462 e. The highest BCUT2D eigenvalue weighted by Gasteiger charge is 2.16. The lowest BCUT2D eigenvalue weighted by Gasteiger charge is -2.07. The van der Waals surface area contributed by atoms with Crippen molar-refractivity contribution >= 4 is 5.97 Å². The molecule has 0 bridgehead atoms. The lowest BCUT2D eigenvalue weighted by Crippen LogP contribution is -2.21. The molecule has 2 heterocycles. The highest BCUT2D eigenvalue weighted by Crippen LogP contribution is 2.09. The Morgan fingerprint density at radius 1 is 1.43 bits per heavy atom. The molecule has 0 aromatic carbocycles. The van der Waals surface area contributed by atoms with Crippen molar-refractivity contribution < 1.29 is 9.53 Å². The summed E-state index contributed by atoms with van der Waals surface area (Å²) in [7, 11) is 3.72. The molecule has 0 aliphatic rings. The van der Waals surface area contributed by atoms with Crippen molar-refractivity contribution in [2.24, 2.45) is 14.1 Å². The molecule has 0 atom stereocenters. The van der Waals surface area contributed by atoms with Gasteiger partial charge >= 0.3 is 5.97 Å². The summed E-state index contributed by atoms with van der Waals surface area (Å²) < 4.78 is 8.51. The Bertz CT molecular complexity index is 602. The van der Waals surface area contributed by atoms with E-state index < -0.39 is 0 Å². The molecule has 21 heavy (non-hydrogen) atoms. The van der Waals surface area contributed by atoms with Crippen LogP contribution in [-0.2, 0) is 31.8 Å². The molecule has 2 aromatic heterocycles. The Balaban J connectivity index is 1.88. The summed E-state index contributed by atoms with van der Waals surface area (Å²) in [6.45, 7) is 3.50. The van der Waals surface area contributed by atoms with E-state index in [0.29, 0.717) is 18.7 Å². The lowest BCUT2D eigenvalue weighted by atomic mass is 10.2. The Labute approximate surface area is 123 Å². The maximum atomic E-state index is 11.8. The Hall–Kier alpha value is -2.15. The first-order valence-corrected chi connectivity index (χ1v) is 6.99. The van der Waals surface area contributed by atoms with E-state index in [1.54, 1.807) is 22.5 Å². The van der Waals surface area contributed by atoms with Gasteiger partial charge in [-0.05, 0) is 13.0 Å². The number of rotatable bonds is 7. The fourth-order valence-electron chi connectivity index (χ4n) is 2.07. The van der Waals surface area contributed by atoms with Crippen molar-refractivity contribution in [3.8, 4) is 0 Å². The molecule has 0 radical (unpaired) electrons. The summed E-state index contributed by atoms with van der Waals surface area (Å²) in [5, 5.41) is 11.7. The second-order valence-electron chi connectivity index (χ2n) is 4.76. The van der Waals surface area contributed by atoms with Crippen LogP contribution >= 0.6 is 0 Å². The molecule has 0 aliphatic heterocycles. The van der Waals surface area contributed by atoms with Crippen LogP contribution in [0.2, 0.25) is 0 Å². The standard InChI is InChI=1S/C14H21N5O2/c1-4-21-14(20)12-9-16-19(3)13(12)10-15-7-5-11-6-8-18(2)17-11/h6,8-9,15H,4-5,7,10H2,1-3H3. The fourth-order valence-corrected chi connectivity index (χ4v) is 2.07. The van der Waals surface area contributed by atoms with Gasteiger partial charge in [-0.15, -0.1) is 0 Å². The molecule has 7 nitrogen and oxygen atoms in total. The number of hydrogen-bond donors (Lipinski definition) is 1. The van der Waals surface area contributed by atoms with Crippen LogP contribution in [0, 0.1) is 0 Å². The molecule has 114 valence electrons. The van der Waals surface area contributed by atoms with Crippen molar-refractivity contribution in [1.82, 2.24) is 24.9 Å². The Kier molecular flexibility index (Phi) is 5.10. The lowest BCUT2D eigenvalue weighted by molar-refractivity contribution is 0.0524. The second kappa shape index (κ2) is 7.03. The normalized spacial score (nSPS) is 10.8. The van der Waals surface area contributed by atoms with Crippen molar-refractivity contribution in [2.75, 3.05) is 13.2 Å². The molecule has 0 amide bonds. The Morgan fingerprint density at radius 3 is 2.90 bits per heavy atom. The van der Waals surface area contributed by atoms with Crippen LogP contribution in [0.5, 0.6) is 0 Å². The van der Waals surface area contributed by atoms with Crippen LogP contribution in [0.15, 0.2) is 18.5 Å². The van der Waals surface area contributed by atoms with Gasteiger partial charge in [-0.25, -0.2) is 4.79 Å². The third-order valence-corrected chi connectivity index (χ3v) is 3.18. The number of aryl methyl sites for hydroxylation is 2. The van der Waals surface area contributed by atoms with Gasteiger partial charge in [0, 0.05) is 39.8 Å². The molecule has 0 saturated carbocycles. The summed E-state index contributed by atoms with van der Waals surface area (Å²) >= 11 is 0. The second-order valence-corrected chi connectivity index (χ2v) is 4.76. The van der Waals surface area contributed by atoms with E-state index in [4.69, 9.17) is 4.74 Å². The number of aromatic nitrogens is 4. The van der Waals surface area contributed by atoms with E-state index in [0.717, 1.165) is 24.4 Å². The van der Waals surface area contributed by atoms with Crippen molar-refractivity contribution in [2.45, 2.75) is 19.9 Å². The predicted molar refractivity (Wildman–Crippen MR) is 77.8 cm³/mol. The molecule has 0 aliphatic carbocycles. The van der Waals surface area contributed by atoms with Gasteiger partial charge in [0.2, 0.25) is 0 Å². The number of hydrogen-bond acceptors (Lipinski definition) is 5. The van der Waals surface area contributed by atoms with Gasteiger partial charge in [0.1, 0.15) is 5.56 Å². The topological polar surface area (TPSA) is 74.0 Å². The first kappa shape index (κ1) is 15.2. The minimum absolute atomic E-state index is 0.327. The fraction of sp³-hybridized carbons (Fsp3) is 0.500. The van der Waals surface area contributed by atoms with Crippen LogP contribution in [0.1, 0.15) is 28.7 Å². The smallest absolute Gasteiger partial charge is 0.341 e. The molecule has 0 unspecified atom stereocenters. The SMILES string of the molecule is CCOC(=O)c1cnn(C)c1CNCCc1ccn(C)n1. The van der Waals surface area contributed by atoms with Crippen molar-refractivity contribution in [1.29, 1.82) is 0 Å². The van der Waals surface area contributed by atoms with E-state index >= 15 is 0 Å². The molecule has 0 fully saturated rings. The van der Waals surface area contributed by atoms with Gasteiger partial charge in [-0.1, -0.05) is 0 Å². The summed E-state index contributed by atoms with van der Waals surface area (Å²) in [4.78, 5) is 11.8. The summed E-state index contributed by atoms with van der Waals surface area (Å²) in [6, 6.07) is 2.00. The largest absolute Gasteiger partial charge is 0.462 e. The number of nitrogens with zero attached hydrogens (tertiary/aromatic N) is 4. The Morgan fingerprint density at radius 2 is 2.24 bits per heavy atom. The zero-order chi connectivity index (χ0) is 15.2. The highest BCUT2D eigenvalue weighted by atomic mass is 16.5. The van der Waals surface area contributed by atoms with Crippen LogP contribution < -0.4 is 5.32 Å². The van der Waals surface area contributed by atoms with Crippen LogP contribution in [0.3, 0.4) is 0 Å². The summed E-state index contributed by atoms with van der Waals surface area (Å²) in [5.41, 5.74) is 2.39.